The molecule has 0 saturated heterocycles. The van der Waals surface area contributed by atoms with Crippen LogP contribution in [0.3, 0.4) is 0 Å². The molecule has 0 radical (unpaired) electrons. The summed E-state index contributed by atoms with van der Waals surface area (Å²) in [6, 6.07) is 3.51. The molecule has 0 aliphatic carbocycles. The van der Waals surface area contributed by atoms with Crippen molar-refractivity contribution in [1.82, 2.24) is 0 Å². The third kappa shape index (κ3) is 7.62. The zero-order valence-electron chi connectivity index (χ0n) is 14.7. The van der Waals surface area contributed by atoms with Crippen LogP contribution in [0, 0.1) is 5.82 Å². The van der Waals surface area contributed by atoms with Crippen molar-refractivity contribution in [3.8, 4) is 0 Å². The van der Waals surface area contributed by atoms with Crippen LogP contribution in [0.1, 0.15) is 81.9 Å². The zero-order chi connectivity index (χ0) is 17.1. The molecule has 0 aromatic heterocycles. The van der Waals surface area contributed by atoms with E-state index in [0.29, 0.717) is 24.0 Å². The lowest BCUT2D eigenvalue weighted by molar-refractivity contribution is -0.136. The minimum atomic E-state index is -0.856. The van der Waals surface area contributed by atoms with Crippen LogP contribution in [0.5, 0.6) is 0 Å². The van der Waals surface area contributed by atoms with Crippen LogP contribution in [0.4, 0.5) is 4.39 Å². The zero-order valence-corrected chi connectivity index (χ0v) is 14.7. The maximum Gasteiger partial charge on any atom is 0.307 e. The van der Waals surface area contributed by atoms with E-state index in [2.05, 4.69) is 13.8 Å². The van der Waals surface area contributed by atoms with Gasteiger partial charge in [0.1, 0.15) is 5.82 Å². The highest BCUT2D eigenvalue weighted by molar-refractivity contribution is 5.70. The molecule has 23 heavy (non-hydrogen) atoms. The largest absolute Gasteiger partial charge is 0.481 e. The Kier molecular flexibility index (Phi) is 9.58. The van der Waals surface area contributed by atoms with Crippen molar-refractivity contribution in [1.29, 1.82) is 0 Å². The fourth-order valence-corrected chi connectivity index (χ4v) is 2.95. The molecule has 2 nitrogen and oxygen atoms in total. The molecule has 1 aromatic rings. The molecule has 0 saturated carbocycles. The lowest BCUT2D eigenvalue weighted by Gasteiger charge is -2.12. The van der Waals surface area contributed by atoms with Crippen LogP contribution < -0.4 is 0 Å². The molecule has 0 atom stereocenters. The fraction of sp³-hybridized carbons (Fsp3) is 0.650. The molecule has 0 amide bonds. The highest BCUT2D eigenvalue weighted by Crippen LogP contribution is 2.21. The van der Waals surface area contributed by atoms with Crippen LogP contribution in [0.25, 0.3) is 0 Å². The average molecular weight is 322 g/mol. The van der Waals surface area contributed by atoms with E-state index in [4.69, 9.17) is 5.11 Å². The maximum atomic E-state index is 14.7. The van der Waals surface area contributed by atoms with Crippen LogP contribution in [0.2, 0.25) is 0 Å². The minimum absolute atomic E-state index is 0.0236. The number of hydrogen-bond acceptors (Lipinski definition) is 1. The van der Waals surface area contributed by atoms with Crippen molar-refractivity contribution in [3.05, 3.63) is 34.6 Å². The number of carboxylic acids is 1. The van der Waals surface area contributed by atoms with Crippen molar-refractivity contribution >= 4 is 5.97 Å². The minimum Gasteiger partial charge on any atom is -0.481 e. The van der Waals surface area contributed by atoms with Gasteiger partial charge in [-0.25, -0.2) is 4.39 Å². The third-order valence-corrected chi connectivity index (χ3v) is 4.24. The number of rotatable bonds is 12. The summed E-state index contributed by atoms with van der Waals surface area (Å²) in [6.45, 7) is 4.31. The summed E-state index contributed by atoms with van der Waals surface area (Å²) < 4.78 is 14.7. The van der Waals surface area contributed by atoms with Gasteiger partial charge in [-0.05, 0) is 42.4 Å². The SMILES string of the molecule is CCCCCCc1cc(CC(=O)O)cc(CCCCCC)c1F. The van der Waals surface area contributed by atoms with Crippen LogP contribution in [-0.2, 0) is 24.1 Å². The fourth-order valence-electron chi connectivity index (χ4n) is 2.95. The number of benzene rings is 1. The number of hydrogen-bond donors (Lipinski definition) is 1. The topological polar surface area (TPSA) is 37.3 Å². The summed E-state index contributed by atoms with van der Waals surface area (Å²) in [6.07, 6.45) is 10.2. The molecule has 0 spiro atoms. The Morgan fingerprint density at radius 1 is 0.913 bits per heavy atom. The molecular formula is C20H31FO2. The Bertz CT molecular complexity index is 450. The number of carboxylic acid groups (broad SMARTS) is 1. The van der Waals surface area contributed by atoms with E-state index in [1.54, 1.807) is 12.1 Å². The first-order valence-corrected chi connectivity index (χ1v) is 9.10. The second kappa shape index (κ2) is 11.2. The van der Waals surface area contributed by atoms with Crippen molar-refractivity contribution in [2.75, 3.05) is 0 Å². The molecule has 1 rings (SSSR count). The highest BCUT2D eigenvalue weighted by Gasteiger charge is 2.12. The summed E-state index contributed by atoms with van der Waals surface area (Å²) in [5, 5.41) is 9.02. The van der Waals surface area contributed by atoms with E-state index in [-0.39, 0.29) is 12.2 Å². The van der Waals surface area contributed by atoms with E-state index in [1.165, 1.54) is 12.8 Å². The summed E-state index contributed by atoms with van der Waals surface area (Å²) >= 11 is 0. The first kappa shape index (κ1) is 19.7. The molecule has 0 aliphatic heterocycles. The van der Waals surface area contributed by atoms with Gasteiger partial charge in [0.15, 0.2) is 0 Å². The van der Waals surface area contributed by atoms with Gasteiger partial charge >= 0.3 is 5.97 Å². The van der Waals surface area contributed by atoms with Crippen LogP contribution >= 0.6 is 0 Å². The average Bonchev–Trinajstić information content (AvgIpc) is 2.51. The van der Waals surface area contributed by atoms with Crippen LogP contribution in [-0.4, -0.2) is 11.1 Å². The molecule has 1 aromatic carbocycles. The van der Waals surface area contributed by atoms with Gasteiger partial charge in [-0.2, -0.15) is 0 Å². The molecule has 0 heterocycles. The molecule has 1 N–H and O–H groups in total. The van der Waals surface area contributed by atoms with Gasteiger partial charge < -0.3 is 5.11 Å². The summed E-state index contributed by atoms with van der Waals surface area (Å²) in [4.78, 5) is 11.0. The van der Waals surface area contributed by atoms with Gasteiger partial charge in [0.25, 0.3) is 0 Å². The lowest BCUT2D eigenvalue weighted by atomic mass is 9.95. The Labute approximate surface area is 140 Å². The first-order valence-electron chi connectivity index (χ1n) is 9.10. The van der Waals surface area contributed by atoms with Gasteiger partial charge in [-0.15, -0.1) is 0 Å². The number of carbonyl (C=O) groups is 1. The molecule has 3 heteroatoms. The molecule has 0 unspecified atom stereocenters. The van der Waals surface area contributed by atoms with Crippen molar-refractivity contribution in [3.63, 3.8) is 0 Å². The summed E-state index contributed by atoms with van der Waals surface area (Å²) in [5.41, 5.74) is 2.13. The van der Waals surface area contributed by atoms with E-state index >= 15 is 0 Å². The first-order chi connectivity index (χ1) is 11.1. The number of aryl methyl sites for hydroxylation is 2. The van der Waals surface area contributed by atoms with Gasteiger partial charge in [0.2, 0.25) is 0 Å². The predicted molar refractivity (Wildman–Crippen MR) is 93.4 cm³/mol. The number of unbranched alkanes of at least 4 members (excludes halogenated alkanes) is 6. The van der Waals surface area contributed by atoms with E-state index in [9.17, 15) is 9.18 Å². The Balaban J connectivity index is 2.81. The van der Waals surface area contributed by atoms with E-state index in [0.717, 1.165) is 44.1 Å². The molecule has 0 aliphatic rings. The quantitative estimate of drug-likeness (QED) is 0.501. The van der Waals surface area contributed by atoms with E-state index < -0.39 is 5.97 Å². The van der Waals surface area contributed by atoms with Gasteiger partial charge in [0, 0.05) is 0 Å². The number of halogens is 1. The third-order valence-electron chi connectivity index (χ3n) is 4.24. The van der Waals surface area contributed by atoms with Crippen LogP contribution in [0.15, 0.2) is 12.1 Å². The molecule has 0 bridgehead atoms. The molecule has 0 fully saturated rings. The van der Waals surface area contributed by atoms with Crippen molar-refractivity contribution in [2.45, 2.75) is 84.5 Å². The summed E-state index contributed by atoms with van der Waals surface area (Å²) in [5.74, 6) is -0.961. The Hall–Kier alpha value is -1.38. The smallest absolute Gasteiger partial charge is 0.307 e. The molecular weight excluding hydrogens is 291 g/mol. The Morgan fingerprint density at radius 3 is 1.78 bits per heavy atom. The predicted octanol–water partition coefficient (Wildman–Crippen LogP) is 5.70. The highest BCUT2D eigenvalue weighted by atomic mass is 19.1. The molecule has 130 valence electrons. The van der Waals surface area contributed by atoms with Crippen molar-refractivity contribution < 1.29 is 14.3 Å². The standard InChI is InChI=1S/C20H31FO2/c1-3-5-7-9-11-17-13-16(15-19(22)23)14-18(20(17)21)12-10-8-6-4-2/h13-14H,3-12,15H2,1-2H3,(H,22,23). The monoisotopic (exact) mass is 322 g/mol. The van der Waals surface area contributed by atoms with Gasteiger partial charge in [-0.3, -0.25) is 4.79 Å². The van der Waals surface area contributed by atoms with Crippen molar-refractivity contribution in [2.24, 2.45) is 0 Å². The van der Waals surface area contributed by atoms with Gasteiger partial charge in [0.05, 0.1) is 6.42 Å². The maximum absolute atomic E-state index is 14.7. The second-order valence-electron chi connectivity index (χ2n) is 6.42. The Morgan fingerprint density at radius 2 is 1.39 bits per heavy atom. The lowest BCUT2D eigenvalue weighted by Crippen LogP contribution is -2.05. The normalized spacial score (nSPS) is 10.9. The number of aliphatic carboxylic acids is 1. The second-order valence-corrected chi connectivity index (χ2v) is 6.42. The summed E-state index contributed by atoms with van der Waals surface area (Å²) in [7, 11) is 0. The van der Waals surface area contributed by atoms with E-state index in [1.807, 2.05) is 0 Å². The van der Waals surface area contributed by atoms with Gasteiger partial charge in [-0.1, -0.05) is 64.5 Å².